The normalized spacial score (nSPS) is 18.9. The van der Waals surface area contributed by atoms with Crippen LogP contribution < -0.4 is 4.90 Å². The van der Waals surface area contributed by atoms with Crippen molar-refractivity contribution in [1.29, 1.82) is 5.26 Å². The fraction of sp³-hybridized carbons (Fsp3) is 0.381. The van der Waals surface area contributed by atoms with E-state index in [1.54, 1.807) is 26.1 Å². The van der Waals surface area contributed by atoms with Crippen LogP contribution in [0.15, 0.2) is 36.4 Å². The number of nitrogens with zero attached hydrogens (tertiary/aromatic N) is 3. The van der Waals surface area contributed by atoms with Gasteiger partial charge >= 0.3 is 6.03 Å². The molecule has 27 heavy (non-hydrogen) atoms. The molecule has 2 atom stereocenters. The van der Waals surface area contributed by atoms with Crippen LogP contribution in [0.3, 0.4) is 0 Å². The third-order valence-electron chi connectivity index (χ3n) is 4.63. The summed E-state index contributed by atoms with van der Waals surface area (Å²) in [5.74, 6) is -0.325. The van der Waals surface area contributed by atoms with Crippen molar-refractivity contribution in [3.05, 3.63) is 42.0 Å². The van der Waals surface area contributed by atoms with Crippen molar-refractivity contribution in [1.82, 2.24) is 4.90 Å². The molecule has 0 aromatic heterocycles. The molecule has 6 heteroatoms. The number of likely N-dealkylation sites (N-methyl/N-ethyl adjacent to an activating group) is 1. The number of fused-ring (bicyclic) bond motifs is 1. The van der Waals surface area contributed by atoms with Crippen molar-refractivity contribution in [3.63, 3.8) is 0 Å². The predicted molar refractivity (Wildman–Crippen MR) is 103 cm³/mol. The van der Waals surface area contributed by atoms with E-state index in [1.165, 1.54) is 9.80 Å². The van der Waals surface area contributed by atoms with Gasteiger partial charge in [-0.15, -0.1) is 0 Å². The second kappa shape index (κ2) is 6.67. The molecule has 1 fully saturated rings. The zero-order chi connectivity index (χ0) is 19.9. The van der Waals surface area contributed by atoms with Gasteiger partial charge in [0.2, 0.25) is 0 Å². The molecule has 0 spiro atoms. The Hall–Kier alpha value is -2.91. The highest BCUT2D eigenvalue weighted by molar-refractivity contribution is 6.24. The quantitative estimate of drug-likeness (QED) is 0.778. The number of amides is 3. The maximum atomic E-state index is 13.2. The van der Waals surface area contributed by atoms with Gasteiger partial charge in [0.15, 0.2) is 0 Å². The van der Waals surface area contributed by atoms with Crippen molar-refractivity contribution in [2.24, 2.45) is 0 Å². The molecule has 3 rings (SSSR count). The molecule has 0 unspecified atom stereocenters. The van der Waals surface area contributed by atoms with Gasteiger partial charge in [0.25, 0.3) is 5.91 Å². The summed E-state index contributed by atoms with van der Waals surface area (Å²) in [6.45, 7) is 7.54. The molecule has 1 aliphatic heterocycles. The van der Waals surface area contributed by atoms with Crippen LogP contribution in [0, 0.1) is 11.3 Å². The number of ether oxygens (including phenoxy) is 1. The molecule has 6 nitrogen and oxygen atoms in total. The van der Waals surface area contributed by atoms with Gasteiger partial charge in [-0.25, -0.2) is 9.69 Å². The van der Waals surface area contributed by atoms with Crippen molar-refractivity contribution in [2.45, 2.75) is 45.4 Å². The molecule has 1 heterocycles. The average molecular weight is 365 g/mol. The summed E-state index contributed by atoms with van der Waals surface area (Å²) < 4.78 is 5.93. The highest BCUT2D eigenvalue weighted by atomic mass is 16.5. The first-order valence-corrected chi connectivity index (χ1v) is 8.86. The molecule has 2 aromatic carbocycles. The predicted octanol–water partition coefficient (Wildman–Crippen LogP) is 3.68. The summed E-state index contributed by atoms with van der Waals surface area (Å²) in [7, 11) is 1.61. The van der Waals surface area contributed by atoms with E-state index in [2.05, 4.69) is 6.07 Å². The van der Waals surface area contributed by atoms with E-state index in [4.69, 9.17) is 4.74 Å². The summed E-state index contributed by atoms with van der Waals surface area (Å²) >= 11 is 0. The molecule has 0 N–H and O–H groups in total. The molecule has 3 amide bonds. The first-order chi connectivity index (χ1) is 12.7. The summed E-state index contributed by atoms with van der Waals surface area (Å²) in [6, 6.07) is 11.6. The second-order valence-electron chi connectivity index (χ2n) is 7.74. The van der Waals surface area contributed by atoms with Crippen molar-refractivity contribution < 1.29 is 14.3 Å². The van der Waals surface area contributed by atoms with Crippen LogP contribution in [0.2, 0.25) is 0 Å². The fourth-order valence-electron chi connectivity index (χ4n) is 3.60. The van der Waals surface area contributed by atoms with Gasteiger partial charge in [0.05, 0.1) is 29.0 Å². The molecule has 0 bridgehead atoms. The summed E-state index contributed by atoms with van der Waals surface area (Å²) in [5, 5.41) is 10.7. The number of carbonyl (C=O) groups is 2. The van der Waals surface area contributed by atoms with Gasteiger partial charge in [-0.05, 0) is 39.8 Å². The Kier molecular flexibility index (Phi) is 4.66. The average Bonchev–Trinajstić information content (AvgIpc) is 2.82. The Balaban J connectivity index is 2.06. The molecule has 140 valence electrons. The van der Waals surface area contributed by atoms with E-state index in [0.717, 1.165) is 0 Å². The molecule has 0 radical (unpaired) electrons. The maximum absolute atomic E-state index is 13.2. The van der Waals surface area contributed by atoms with Crippen LogP contribution in [-0.4, -0.2) is 41.6 Å². The SMILES string of the molecule is C[C@@H](OC(C)(C)C)[C@H]1C(=O)N(c2ccc(C#N)c3ccccc23)C(=O)N1C. The first-order valence-electron chi connectivity index (χ1n) is 8.86. The Bertz CT molecular complexity index is 955. The second-order valence-corrected chi connectivity index (χ2v) is 7.74. The van der Waals surface area contributed by atoms with E-state index >= 15 is 0 Å². The molecule has 2 aromatic rings. The van der Waals surface area contributed by atoms with Gasteiger partial charge < -0.3 is 9.64 Å². The van der Waals surface area contributed by atoms with E-state index < -0.39 is 23.8 Å². The Morgan fingerprint density at radius 1 is 1.11 bits per heavy atom. The fourth-order valence-corrected chi connectivity index (χ4v) is 3.60. The van der Waals surface area contributed by atoms with Gasteiger partial charge in [0.1, 0.15) is 6.04 Å². The number of carbonyl (C=O) groups excluding carboxylic acids is 2. The number of benzene rings is 2. The van der Waals surface area contributed by atoms with E-state index in [1.807, 2.05) is 45.0 Å². The van der Waals surface area contributed by atoms with Crippen LogP contribution in [0.25, 0.3) is 10.8 Å². The van der Waals surface area contributed by atoms with Gasteiger partial charge in [0, 0.05) is 17.8 Å². The van der Waals surface area contributed by atoms with Crippen molar-refractivity contribution >= 4 is 28.4 Å². The summed E-state index contributed by atoms with van der Waals surface area (Å²) in [6.07, 6.45) is -0.457. The number of hydrogen-bond donors (Lipinski definition) is 0. The van der Waals surface area contributed by atoms with Crippen molar-refractivity contribution in [2.75, 3.05) is 11.9 Å². The molecular formula is C21H23N3O3. The number of rotatable bonds is 3. The van der Waals surface area contributed by atoms with Crippen LogP contribution >= 0.6 is 0 Å². The molecule has 1 saturated heterocycles. The zero-order valence-electron chi connectivity index (χ0n) is 16.2. The highest BCUT2D eigenvalue weighted by Gasteiger charge is 2.48. The maximum Gasteiger partial charge on any atom is 0.331 e. The molecule has 1 aliphatic rings. The molecule has 0 aliphatic carbocycles. The lowest BCUT2D eigenvalue weighted by molar-refractivity contribution is -0.128. The van der Waals surface area contributed by atoms with Crippen LogP contribution in [0.5, 0.6) is 0 Å². The smallest absolute Gasteiger partial charge is 0.331 e. The lowest BCUT2D eigenvalue weighted by atomic mass is 10.0. The van der Waals surface area contributed by atoms with Gasteiger partial charge in [-0.2, -0.15) is 5.26 Å². The molecular weight excluding hydrogens is 342 g/mol. The minimum atomic E-state index is -0.703. The highest BCUT2D eigenvalue weighted by Crippen LogP contribution is 2.34. The largest absolute Gasteiger partial charge is 0.370 e. The standard InChI is InChI=1S/C21H23N3O3/c1-13(27-21(2,3)4)18-19(25)24(20(26)23(18)5)17-11-10-14(12-22)15-8-6-7-9-16(15)17/h6-11,13,18H,1-5H3/t13-,18+/m1/s1. The van der Waals surface area contributed by atoms with E-state index in [0.29, 0.717) is 22.0 Å². The van der Waals surface area contributed by atoms with Crippen molar-refractivity contribution in [3.8, 4) is 6.07 Å². The van der Waals surface area contributed by atoms with Crippen LogP contribution in [0.1, 0.15) is 33.3 Å². The number of imide groups is 1. The molecule has 0 saturated carbocycles. The van der Waals surface area contributed by atoms with Gasteiger partial charge in [-0.1, -0.05) is 24.3 Å². The minimum absolute atomic E-state index is 0.325. The Morgan fingerprint density at radius 2 is 1.74 bits per heavy atom. The number of hydrogen-bond acceptors (Lipinski definition) is 4. The number of urea groups is 1. The Labute approximate surface area is 158 Å². The monoisotopic (exact) mass is 365 g/mol. The third-order valence-corrected chi connectivity index (χ3v) is 4.63. The zero-order valence-corrected chi connectivity index (χ0v) is 16.2. The third kappa shape index (κ3) is 3.26. The topological polar surface area (TPSA) is 73.6 Å². The number of anilines is 1. The number of nitriles is 1. The minimum Gasteiger partial charge on any atom is -0.370 e. The van der Waals surface area contributed by atoms with E-state index in [-0.39, 0.29) is 5.91 Å². The van der Waals surface area contributed by atoms with Crippen LogP contribution in [-0.2, 0) is 9.53 Å². The first kappa shape index (κ1) is 18.9. The summed E-state index contributed by atoms with van der Waals surface area (Å²) in [4.78, 5) is 28.7. The van der Waals surface area contributed by atoms with Crippen LogP contribution in [0.4, 0.5) is 10.5 Å². The Morgan fingerprint density at radius 3 is 2.33 bits per heavy atom. The van der Waals surface area contributed by atoms with Gasteiger partial charge in [-0.3, -0.25) is 4.79 Å². The van der Waals surface area contributed by atoms with E-state index in [9.17, 15) is 14.9 Å². The lowest BCUT2D eigenvalue weighted by Gasteiger charge is -2.30. The lowest BCUT2D eigenvalue weighted by Crippen LogP contribution is -2.44. The summed E-state index contributed by atoms with van der Waals surface area (Å²) in [5.41, 5.74) is 0.553.